The molecular formula is C28H27F2N7O2S. The maximum Gasteiger partial charge on any atom is 0.236 e. The summed E-state index contributed by atoms with van der Waals surface area (Å²) in [7, 11) is 0.485. The summed E-state index contributed by atoms with van der Waals surface area (Å²) < 4.78 is 60.1. The molecule has 1 N–H and O–H groups in total. The molecule has 1 aliphatic rings. The van der Waals surface area contributed by atoms with E-state index in [4.69, 9.17) is 0 Å². The Morgan fingerprint density at radius 1 is 1.05 bits per heavy atom. The maximum atomic E-state index is 15.2. The smallest absolute Gasteiger partial charge is 0.236 e. The van der Waals surface area contributed by atoms with E-state index in [0.717, 1.165) is 18.2 Å². The molecule has 1 fully saturated rings. The molecule has 9 nitrogen and oxygen atoms in total. The number of nitrogens with one attached hydrogen (secondary N) is 1. The van der Waals surface area contributed by atoms with Crippen LogP contribution in [0.5, 0.6) is 0 Å². The van der Waals surface area contributed by atoms with Gasteiger partial charge in [0.1, 0.15) is 23.8 Å². The molecule has 6 rings (SSSR count). The largest absolute Gasteiger partial charge is 0.308 e. The first-order valence-corrected chi connectivity index (χ1v) is 14.4. The van der Waals surface area contributed by atoms with E-state index in [0.29, 0.717) is 47.2 Å². The normalized spacial score (nSPS) is 13.8. The van der Waals surface area contributed by atoms with E-state index in [2.05, 4.69) is 24.7 Å². The van der Waals surface area contributed by atoms with Crippen molar-refractivity contribution in [3.63, 3.8) is 0 Å². The lowest BCUT2D eigenvalue weighted by atomic mass is 9.94. The molecule has 0 atom stereocenters. The van der Waals surface area contributed by atoms with Gasteiger partial charge in [0.05, 0.1) is 34.7 Å². The molecule has 3 heterocycles. The van der Waals surface area contributed by atoms with Gasteiger partial charge in [-0.05, 0) is 56.8 Å². The summed E-state index contributed by atoms with van der Waals surface area (Å²) in [6, 6.07) is 10.6. The number of anilines is 1. The van der Waals surface area contributed by atoms with E-state index in [-0.39, 0.29) is 16.6 Å². The summed E-state index contributed by atoms with van der Waals surface area (Å²) in [5.74, 6) is -1.17. The second-order valence-corrected chi connectivity index (χ2v) is 12.1. The predicted octanol–water partition coefficient (Wildman–Crippen LogP) is 4.69. The van der Waals surface area contributed by atoms with E-state index in [1.54, 1.807) is 29.2 Å². The van der Waals surface area contributed by atoms with E-state index in [1.807, 2.05) is 37.1 Å². The lowest BCUT2D eigenvalue weighted by Gasteiger charge is -2.13. The Bertz CT molecular complexity index is 1830. The van der Waals surface area contributed by atoms with Crippen LogP contribution in [0.2, 0.25) is 0 Å². The summed E-state index contributed by atoms with van der Waals surface area (Å²) in [4.78, 5) is 10.9. The maximum absolute atomic E-state index is 15.2. The molecule has 0 aliphatic heterocycles. The second-order valence-electron chi connectivity index (χ2n) is 10.1. The molecule has 0 unspecified atom stereocenters. The lowest BCUT2D eigenvalue weighted by Crippen LogP contribution is -2.18. The first-order valence-electron chi connectivity index (χ1n) is 12.8. The molecule has 1 saturated carbocycles. The van der Waals surface area contributed by atoms with E-state index < -0.39 is 21.7 Å². The van der Waals surface area contributed by atoms with Gasteiger partial charge in [-0.2, -0.15) is 5.10 Å². The molecule has 0 radical (unpaired) electrons. The minimum atomic E-state index is -3.48. The fraction of sp³-hybridized carbons (Fsp3) is 0.250. The third kappa shape index (κ3) is 5.07. The molecule has 0 bridgehead atoms. The predicted molar refractivity (Wildman–Crippen MR) is 150 cm³/mol. The molecule has 1 aliphatic carbocycles. The summed E-state index contributed by atoms with van der Waals surface area (Å²) in [5.41, 5.74) is 3.97. The quantitative estimate of drug-likeness (QED) is 0.279. The molecule has 206 valence electrons. The monoisotopic (exact) mass is 563 g/mol. The average Bonchev–Trinajstić information content (AvgIpc) is 3.53. The fourth-order valence-electron chi connectivity index (χ4n) is 4.65. The van der Waals surface area contributed by atoms with Crippen LogP contribution in [0.1, 0.15) is 12.8 Å². The minimum Gasteiger partial charge on any atom is -0.308 e. The summed E-state index contributed by atoms with van der Waals surface area (Å²) in [5, 5.41) is 4.09. The first kappa shape index (κ1) is 26.1. The number of halogens is 2. The molecular weight excluding hydrogens is 536 g/mol. The van der Waals surface area contributed by atoms with E-state index in [9.17, 15) is 12.8 Å². The van der Waals surface area contributed by atoms with Crippen LogP contribution in [0.15, 0.2) is 67.4 Å². The van der Waals surface area contributed by atoms with Crippen molar-refractivity contribution < 1.29 is 17.2 Å². The Labute approximate surface area is 230 Å². The van der Waals surface area contributed by atoms with Gasteiger partial charge in [-0.15, -0.1) is 0 Å². The van der Waals surface area contributed by atoms with Crippen LogP contribution in [0, 0.1) is 11.6 Å². The van der Waals surface area contributed by atoms with Crippen molar-refractivity contribution in [1.29, 1.82) is 0 Å². The molecule has 0 spiro atoms. The van der Waals surface area contributed by atoms with Crippen molar-refractivity contribution in [2.75, 3.05) is 25.4 Å². The zero-order valence-corrected chi connectivity index (χ0v) is 22.7. The number of pyridine rings is 1. The number of imidazole rings is 1. The zero-order valence-electron chi connectivity index (χ0n) is 21.9. The number of sulfonamides is 1. The van der Waals surface area contributed by atoms with Crippen molar-refractivity contribution in [1.82, 2.24) is 29.2 Å². The average molecular weight is 564 g/mol. The fourth-order valence-corrected chi connectivity index (χ4v) is 5.98. The van der Waals surface area contributed by atoms with Crippen LogP contribution in [0.3, 0.4) is 0 Å². The van der Waals surface area contributed by atoms with E-state index in [1.165, 1.54) is 18.3 Å². The Hall–Kier alpha value is -4.16. The van der Waals surface area contributed by atoms with Gasteiger partial charge < -0.3 is 4.90 Å². The van der Waals surface area contributed by atoms with Crippen molar-refractivity contribution in [2.45, 2.75) is 24.6 Å². The molecule has 40 heavy (non-hydrogen) atoms. The van der Waals surface area contributed by atoms with Crippen LogP contribution < -0.4 is 4.72 Å². The molecule has 3 aromatic heterocycles. The number of fused-ring (bicyclic) bond motifs is 1. The minimum absolute atomic E-state index is 0.206. The van der Waals surface area contributed by atoms with Crippen molar-refractivity contribution in [3.05, 3.63) is 79.0 Å². The van der Waals surface area contributed by atoms with Gasteiger partial charge in [0, 0.05) is 47.8 Å². The van der Waals surface area contributed by atoms with Gasteiger partial charge in [-0.3, -0.25) is 14.0 Å². The summed E-state index contributed by atoms with van der Waals surface area (Å²) in [6.07, 6.45) is 8.01. The molecule has 12 heteroatoms. The van der Waals surface area contributed by atoms with Crippen molar-refractivity contribution in [3.8, 4) is 27.9 Å². The third-order valence-corrected chi connectivity index (χ3v) is 8.71. The van der Waals surface area contributed by atoms with Crippen LogP contribution in [0.25, 0.3) is 39.0 Å². The molecule has 5 aromatic rings. The van der Waals surface area contributed by atoms with Crippen LogP contribution >= 0.6 is 0 Å². The summed E-state index contributed by atoms with van der Waals surface area (Å²) >= 11 is 0. The van der Waals surface area contributed by atoms with Crippen molar-refractivity contribution in [2.24, 2.45) is 0 Å². The highest BCUT2D eigenvalue weighted by atomic mass is 32.2. The molecule has 0 amide bonds. The SMILES string of the molecule is CN(C)CCn1cc(-c2ccc3c(ncn3-c3ccnc(NS(=O)(=O)C4CC4)c3)c2-c2ccc(F)cc2F)cn1. The second kappa shape index (κ2) is 10.1. The number of rotatable bonds is 9. The number of nitrogens with zero attached hydrogens (tertiary/aromatic N) is 6. The lowest BCUT2D eigenvalue weighted by molar-refractivity contribution is 0.373. The Kier molecular flexibility index (Phi) is 6.59. The first-order chi connectivity index (χ1) is 19.2. The highest BCUT2D eigenvalue weighted by molar-refractivity contribution is 7.93. The number of aromatic nitrogens is 5. The Morgan fingerprint density at radius 3 is 2.60 bits per heavy atom. The zero-order chi connectivity index (χ0) is 28.0. The summed E-state index contributed by atoms with van der Waals surface area (Å²) in [6.45, 7) is 1.48. The Morgan fingerprint density at radius 2 is 1.85 bits per heavy atom. The standard InChI is InChI=1S/C28H27F2N7O2S/c1-35(2)11-12-36-16-18(15-33-36)22-7-8-25-28(27(22)23-6-3-19(29)13-24(23)30)32-17-37(25)20-9-10-31-26(14-20)34-40(38,39)21-4-5-21/h3,6-10,13-17,21H,4-5,11-12H2,1-2H3,(H,31,34). The third-order valence-electron chi connectivity index (χ3n) is 6.87. The highest BCUT2D eigenvalue weighted by Gasteiger charge is 2.36. The van der Waals surface area contributed by atoms with Crippen LogP contribution in [0.4, 0.5) is 14.6 Å². The molecule has 0 saturated heterocycles. The van der Waals surface area contributed by atoms with Crippen LogP contribution in [-0.2, 0) is 16.6 Å². The van der Waals surface area contributed by atoms with Gasteiger partial charge in [-0.25, -0.2) is 27.2 Å². The van der Waals surface area contributed by atoms with Gasteiger partial charge in [0.2, 0.25) is 10.0 Å². The number of hydrogen-bond donors (Lipinski definition) is 1. The van der Waals surface area contributed by atoms with Gasteiger partial charge >= 0.3 is 0 Å². The topological polar surface area (TPSA) is 97.9 Å². The van der Waals surface area contributed by atoms with Gasteiger partial charge in [0.25, 0.3) is 0 Å². The van der Waals surface area contributed by atoms with Gasteiger partial charge in [0.15, 0.2) is 0 Å². The van der Waals surface area contributed by atoms with Gasteiger partial charge in [-0.1, -0.05) is 6.07 Å². The number of hydrogen-bond acceptors (Lipinski definition) is 6. The Balaban J connectivity index is 1.47. The highest BCUT2D eigenvalue weighted by Crippen LogP contribution is 2.39. The van der Waals surface area contributed by atoms with Crippen LogP contribution in [-0.4, -0.2) is 63.5 Å². The molecule has 2 aromatic carbocycles. The van der Waals surface area contributed by atoms with E-state index >= 15 is 4.39 Å². The van der Waals surface area contributed by atoms with Crippen molar-refractivity contribution >= 4 is 26.9 Å². The number of likely N-dealkylation sites (N-methyl/N-ethyl adjacent to an activating group) is 1. The number of benzene rings is 2.